The van der Waals surface area contributed by atoms with Crippen molar-refractivity contribution in [1.29, 1.82) is 0 Å². The van der Waals surface area contributed by atoms with Gasteiger partial charge in [0.05, 0.1) is 24.4 Å². The summed E-state index contributed by atoms with van der Waals surface area (Å²) in [6.45, 7) is 6.96. The first kappa shape index (κ1) is 11.9. The third-order valence-corrected chi connectivity index (χ3v) is 3.63. The zero-order valence-electron chi connectivity index (χ0n) is 10.6. The van der Waals surface area contributed by atoms with Crippen molar-refractivity contribution in [1.82, 2.24) is 10.2 Å². The largest absolute Gasteiger partial charge is 0.383 e. The van der Waals surface area contributed by atoms with E-state index in [9.17, 15) is 4.79 Å². The Labute approximate surface area is 97.3 Å². The molecule has 1 amide bonds. The predicted octanol–water partition coefficient (Wildman–Crippen LogP) is 0.968. The Morgan fingerprint density at radius 1 is 1.50 bits per heavy atom. The van der Waals surface area contributed by atoms with Crippen LogP contribution in [-0.4, -0.2) is 42.3 Å². The first-order valence-corrected chi connectivity index (χ1v) is 6.11. The van der Waals surface area contributed by atoms with Crippen LogP contribution in [0.4, 0.5) is 0 Å². The monoisotopic (exact) mass is 226 g/mol. The maximum absolute atomic E-state index is 12.3. The molecule has 2 atom stereocenters. The number of carbonyl (C=O) groups excluding carboxylic acids is 1. The highest BCUT2D eigenvalue weighted by Gasteiger charge is 2.60. The normalized spacial score (nSPS) is 29.2. The van der Waals surface area contributed by atoms with E-state index in [1.165, 1.54) is 0 Å². The fourth-order valence-electron chi connectivity index (χ4n) is 2.55. The van der Waals surface area contributed by atoms with Crippen LogP contribution in [0.2, 0.25) is 0 Å². The Kier molecular flexibility index (Phi) is 2.97. The van der Waals surface area contributed by atoms with E-state index in [-0.39, 0.29) is 23.7 Å². The zero-order valence-corrected chi connectivity index (χ0v) is 10.6. The molecule has 2 aliphatic rings. The second-order valence-electron chi connectivity index (χ2n) is 5.43. The lowest BCUT2D eigenvalue weighted by Gasteiger charge is -2.32. The van der Waals surface area contributed by atoms with Gasteiger partial charge in [-0.15, -0.1) is 0 Å². The molecular formula is C12H22N2O2. The van der Waals surface area contributed by atoms with E-state index in [0.29, 0.717) is 12.5 Å². The standard InChI is InChI=1S/C12H22N2O2/c1-8(2)10-13-12(5-6-12)11(15)14(10)9(3)7-16-4/h8-10,13H,5-7H2,1-4H3. The van der Waals surface area contributed by atoms with Crippen molar-refractivity contribution in [3.05, 3.63) is 0 Å². The Morgan fingerprint density at radius 3 is 2.56 bits per heavy atom. The maximum Gasteiger partial charge on any atom is 0.244 e. The van der Waals surface area contributed by atoms with Crippen LogP contribution in [0.15, 0.2) is 0 Å². The summed E-state index contributed by atoms with van der Waals surface area (Å²) in [6.07, 6.45) is 2.15. The van der Waals surface area contributed by atoms with Gasteiger partial charge in [-0.05, 0) is 25.7 Å². The molecule has 4 heteroatoms. The number of methoxy groups -OCH3 is 1. The van der Waals surface area contributed by atoms with Gasteiger partial charge < -0.3 is 9.64 Å². The molecule has 16 heavy (non-hydrogen) atoms. The van der Waals surface area contributed by atoms with Crippen molar-refractivity contribution in [3.8, 4) is 0 Å². The third-order valence-electron chi connectivity index (χ3n) is 3.63. The van der Waals surface area contributed by atoms with Gasteiger partial charge in [0.1, 0.15) is 0 Å². The van der Waals surface area contributed by atoms with Crippen molar-refractivity contribution in [2.75, 3.05) is 13.7 Å². The Morgan fingerprint density at radius 2 is 2.12 bits per heavy atom. The average molecular weight is 226 g/mol. The van der Waals surface area contributed by atoms with Crippen molar-refractivity contribution >= 4 is 5.91 Å². The molecule has 0 aromatic rings. The summed E-state index contributed by atoms with van der Waals surface area (Å²) >= 11 is 0. The van der Waals surface area contributed by atoms with Crippen LogP contribution in [0.25, 0.3) is 0 Å². The van der Waals surface area contributed by atoms with Crippen LogP contribution in [-0.2, 0) is 9.53 Å². The molecule has 0 radical (unpaired) electrons. The molecule has 0 aromatic carbocycles. The summed E-state index contributed by atoms with van der Waals surface area (Å²) in [5, 5.41) is 3.50. The smallest absolute Gasteiger partial charge is 0.244 e. The van der Waals surface area contributed by atoms with Gasteiger partial charge in [0.2, 0.25) is 5.91 Å². The molecule has 1 N–H and O–H groups in total. The van der Waals surface area contributed by atoms with Gasteiger partial charge in [0.15, 0.2) is 0 Å². The minimum atomic E-state index is -0.211. The van der Waals surface area contributed by atoms with Crippen molar-refractivity contribution in [2.45, 2.75) is 51.4 Å². The number of nitrogens with one attached hydrogen (secondary N) is 1. The number of rotatable bonds is 4. The molecule has 92 valence electrons. The molecule has 0 bridgehead atoms. The van der Waals surface area contributed by atoms with E-state index in [0.717, 1.165) is 12.8 Å². The van der Waals surface area contributed by atoms with E-state index in [1.807, 2.05) is 4.90 Å². The maximum atomic E-state index is 12.3. The topological polar surface area (TPSA) is 41.6 Å². The van der Waals surface area contributed by atoms with Gasteiger partial charge in [-0.3, -0.25) is 10.1 Å². The van der Waals surface area contributed by atoms with Gasteiger partial charge in [-0.2, -0.15) is 0 Å². The van der Waals surface area contributed by atoms with Crippen LogP contribution in [0, 0.1) is 5.92 Å². The predicted molar refractivity (Wildman–Crippen MR) is 61.9 cm³/mol. The van der Waals surface area contributed by atoms with Crippen LogP contribution >= 0.6 is 0 Å². The molecule has 2 rings (SSSR count). The highest BCUT2D eigenvalue weighted by Crippen LogP contribution is 2.43. The minimum absolute atomic E-state index is 0.150. The summed E-state index contributed by atoms with van der Waals surface area (Å²) in [5.41, 5.74) is -0.211. The van der Waals surface area contributed by atoms with Gasteiger partial charge in [-0.1, -0.05) is 13.8 Å². The average Bonchev–Trinajstić information content (AvgIpc) is 2.91. The first-order valence-electron chi connectivity index (χ1n) is 6.11. The lowest BCUT2D eigenvalue weighted by Crippen LogP contribution is -2.47. The van der Waals surface area contributed by atoms with E-state index in [4.69, 9.17) is 4.74 Å². The minimum Gasteiger partial charge on any atom is -0.383 e. The van der Waals surface area contributed by atoms with Crippen molar-refractivity contribution < 1.29 is 9.53 Å². The van der Waals surface area contributed by atoms with Crippen LogP contribution in [0.3, 0.4) is 0 Å². The number of hydrogen-bond acceptors (Lipinski definition) is 3. The van der Waals surface area contributed by atoms with Gasteiger partial charge in [0, 0.05) is 7.11 Å². The number of hydrogen-bond donors (Lipinski definition) is 1. The molecule has 1 heterocycles. The fraction of sp³-hybridized carbons (Fsp3) is 0.917. The van der Waals surface area contributed by atoms with E-state index in [2.05, 4.69) is 26.1 Å². The molecule has 1 aliphatic heterocycles. The van der Waals surface area contributed by atoms with Gasteiger partial charge in [0.25, 0.3) is 0 Å². The lowest BCUT2D eigenvalue weighted by molar-refractivity contribution is -0.134. The summed E-state index contributed by atoms with van der Waals surface area (Å²) < 4.78 is 5.16. The van der Waals surface area contributed by atoms with Crippen molar-refractivity contribution in [3.63, 3.8) is 0 Å². The second-order valence-corrected chi connectivity index (χ2v) is 5.43. The van der Waals surface area contributed by atoms with Crippen LogP contribution < -0.4 is 5.32 Å². The molecule has 0 aromatic heterocycles. The number of ether oxygens (including phenoxy) is 1. The number of amides is 1. The van der Waals surface area contributed by atoms with Crippen LogP contribution in [0.1, 0.15) is 33.6 Å². The van der Waals surface area contributed by atoms with E-state index in [1.54, 1.807) is 7.11 Å². The van der Waals surface area contributed by atoms with Crippen LogP contribution in [0.5, 0.6) is 0 Å². The fourth-order valence-corrected chi connectivity index (χ4v) is 2.55. The molecule has 1 aliphatic carbocycles. The van der Waals surface area contributed by atoms with Crippen molar-refractivity contribution in [2.24, 2.45) is 5.92 Å². The lowest BCUT2D eigenvalue weighted by atomic mass is 10.1. The summed E-state index contributed by atoms with van der Waals surface area (Å²) in [5.74, 6) is 0.707. The number of carbonyl (C=O) groups is 1. The number of nitrogens with zero attached hydrogens (tertiary/aromatic N) is 1. The molecule has 2 unspecified atom stereocenters. The molecule has 2 fully saturated rings. The first-order chi connectivity index (χ1) is 7.52. The second kappa shape index (κ2) is 4.00. The van der Waals surface area contributed by atoms with E-state index < -0.39 is 0 Å². The Bertz CT molecular complexity index is 287. The van der Waals surface area contributed by atoms with Gasteiger partial charge in [-0.25, -0.2) is 0 Å². The molecule has 1 saturated carbocycles. The molecule has 1 spiro atoms. The Hall–Kier alpha value is -0.610. The quantitative estimate of drug-likeness (QED) is 0.776. The molecule has 1 saturated heterocycles. The highest BCUT2D eigenvalue weighted by molar-refractivity contribution is 5.92. The van der Waals surface area contributed by atoms with Gasteiger partial charge >= 0.3 is 0 Å². The zero-order chi connectivity index (χ0) is 11.9. The summed E-state index contributed by atoms with van der Waals surface area (Å²) in [6, 6.07) is 0.150. The molecule has 4 nitrogen and oxygen atoms in total. The Balaban J connectivity index is 2.15. The SMILES string of the molecule is COCC(C)N1C(=O)C2(CC2)NC1C(C)C. The summed E-state index contributed by atoms with van der Waals surface area (Å²) in [4.78, 5) is 14.3. The van der Waals surface area contributed by atoms with E-state index >= 15 is 0 Å². The third kappa shape index (κ3) is 1.74. The molecular weight excluding hydrogens is 204 g/mol. The highest BCUT2D eigenvalue weighted by atomic mass is 16.5. The summed E-state index contributed by atoms with van der Waals surface area (Å²) in [7, 11) is 1.68.